The first-order chi connectivity index (χ1) is 16.5. The molecule has 0 radical (unpaired) electrons. The molecule has 2 fully saturated rings. The molecule has 1 aliphatic carbocycles. The molecule has 0 aromatic heterocycles. The first-order valence-corrected chi connectivity index (χ1v) is 12.0. The fourth-order valence-corrected chi connectivity index (χ4v) is 5.33. The standard InChI is InChI=1S/C26H30FN3O4/c27-24-11-18(26(33)30-20-6-7-21(30)15-34-14-20)5-8-23(24)25(32)29-13-22(31)12-28-19-9-16-3-1-2-4-17(16)10-19/h1-5,8,11,19-22,28,31H,6-7,9-10,12-15H2,(H,29,32). The second-order valence-corrected chi connectivity index (χ2v) is 9.48. The van der Waals surface area contributed by atoms with Gasteiger partial charge in [0.05, 0.1) is 37.0 Å². The van der Waals surface area contributed by atoms with Crippen molar-refractivity contribution in [1.29, 1.82) is 0 Å². The quantitative estimate of drug-likeness (QED) is 0.577. The second kappa shape index (κ2) is 9.82. The van der Waals surface area contributed by atoms with Crippen LogP contribution in [0.3, 0.4) is 0 Å². The summed E-state index contributed by atoms with van der Waals surface area (Å²) >= 11 is 0. The van der Waals surface area contributed by atoms with Gasteiger partial charge in [-0.25, -0.2) is 4.39 Å². The molecule has 3 unspecified atom stereocenters. The van der Waals surface area contributed by atoms with E-state index >= 15 is 0 Å². The highest BCUT2D eigenvalue weighted by Gasteiger charge is 2.40. The molecule has 2 aromatic carbocycles. The van der Waals surface area contributed by atoms with E-state index in [2.05, 4.69) is 22.8 Å². The molecule has 34 heavy (non-hydrogen) atoms. The number of ether oxygens (including phenoxy) is 1. The number of nitrogens with zero attached hydrogens (tertiary/aromatic N) is 1. The van der Waals surface area contributed by atoms with Gasteiger partial charge in [0.25, 0.3) is 11.8 Å². The third kappa shape index (κ3) is 4.71. The molecule has 8 heteroatoms. The highest BCUT2D eigenvalue weighted by Crippen LogP contribution is 2.30. The maximum atomic E-state index is 14.7. The molecule has 5 rings (SSSR count). The van der Waals surface area contributed by atoms with Gasteiger partial charge in [-0.05, 0) is 55.0 Å². The zero-order chi connectivity index (χ0) is 23.7. The van der Waals surface area contributed by atoms with Crippen molar-refractivity contribution in [1.82, 2.24) is 15.5 Å². The Kier molecular flexibility index (Phi) is 6.63. The number of carbonyl (C=O) groups is 2. The summed E-state index contributed by atoms with van der Waals surface area (Å²) in [5, 5.41) is 16.2. The molecule has 2 bridgehead atoms. The van der Waals surface area contributed by atoms with Crippen LogP contribution < -0.4 is 10.6 Å². The largest absolute Gasteiger partial charge is 0.390 e. The molecule has 0 saturated carbocycles. The summed E-state index contributed by atoms with van der Waals surface area (Å²) in [4.78, 5) is 27.2. The van der Waals surface area contributed by atoms with Gasteiger partial charge >= 0.3 is 0 Å². The van der Waals surface area contributed by atoms with Crippen LogP contribution in [0, 0.1) is 5.82 Å². The van der Waals surface area contributed by atoms with Crippen LogP contribution in [0.15, 0.2) is 42.5 Å². The number of carbonyl (C=O) groups excluding carboxylic acids is 2. The summed E-state index contributed by atoms with van der Waals surface area (Å²) < 4.78 is 20.2. The summed E-state index contributed by atoms with van der Waals surface area (Å²) in [5.41, 5.74) is 2.73. The van der Waals surface area contributed by atoms with Crippen molar-refractivity contribution in [3.8, 4) is 0 Å². The Morgan fingerprint density at radius 1 is 1.06 bits per heavy atom. The van der Waals surface area contributed by atoms with E-state index in [1.165, 1.54) is 23.3 Å². The zero-order valence-corrected chi connectivity index (χ0v) is 19.0. The lowest BCUT2D eigenvalue weighted by molar-refractivity contribution is -0.00718. The molecule has 2 amide bonds. The Labute approximate surface area is 198 Å². The first-order valence-electron chi connectivity index (χ1n) is 12.0. The van der Waals surface area contributed by atoms with Gasteiger partial charge in [0.15, 0.2) is 0 Å². The molecule has 2 aliphatic heterocycles. The molecule has 7 nitrogen and oxygen atoms in total. The van der Waals surface area contributed by atoms with Gasteiger partial charge < -0.3 is 25.4 Å². The van der Waals surface area contributed by atoms with Gasteiger partial charge in [0, 0.05) is 24.7 Å². The van der Waals surface area contributed by atoms with Crippen molar-refractivity contribution in [2.24, 2.45) is 0 Å². The number of amides is 2. The molecule has 2 aromatic rings. The average molecular weight is 468 g/mol. The van der Waals surface area contributed by atoms with Crippen LogP contribution in [0.5, 0.6) is 0 Å². The van der Waals surface area contributed by atoms with E-state index in [0.29, 0.717) is 19.8 Å². The third-order valence-electron chi connectivity index (χ3n) is 7.13. The van der Waals surface area contributed by atoms with Crippen molar-refractivity contribution in [3.63, 3.8) is 0 Å². The summed E-state index contributed by atoms with van der Waals surface area (Å²) in [6.07, 6.45) is 2.82. The van der Waals surface area contributed by atoms with Gasteiger partial charge in [-0.1, -0.05) is 24.3 Å². The van der Waals surface area contributed by atoms with E-state index in [-0.39, 0.29) is 41.7 Å². The highest BCUT2D eigenvalue weighted by molar-refractivity contribution is 5.98. The molecular weight excluding hydrogens is 437 g/mol. The van der Waals surface area contributed by atoms with Crippen molar-refractivity contribution in [3.05, 3.63) is 70.5 Å². The summed E-state index contributed by atoms with van der Waals surface area (Å²) in [5.74, 6) is -1.59. The number of benzene rings is 2. The second-order valence-electron chi connectivity index (χ2n) is 9.48. The summed E-state index contributed by atoms with van der Waals surface area (Å²) in [6.45, 7) is 1.35. The van der Waals surface area contributed by atoms with E-state index in [4.69, 9.17) is 4.74 Å². The van der Waals surface area contributed by atoms with E-state index in [0.717, 1.165) is 31.7 Å². The predicted octanol–water partition coefficient (Wildman–Crippen LogP) is 1.68. The maximum Gasteiger partial charge on any atom is 0.254 e. The topological polar surface area (TPSA) is 90.9 Å². The fourth-order valence-electron chi connectivity index (χ4n) is 5.33. The van der Waals surface area contributed by atoms with Crippen LogP contribution >= 0.6 is 0 Å². The number of hydrogen-bond acceptors (Lipinski definition) is 5. The molecule has 180 valence electrons. The van der Waals surface area contributed by atoms with Crippen LogP contribution in [0.4, 0.5) is 4.39 Å². The predicted molar refractivity (Wildman–Crippen MR) is 124 cm³/mol. The van der Waals surface area contributed by atoms with E-state index < -0.39 is 17.8 Å². The van der Waals surface area contributed by atoms with Crippen LogP contribution in [-0.4, -0.2) is 72.4 Å². The number of hydrogen-bond donors (Lipinski definition) is 3. The minimum absolute atomic E-state index is 0.00274. The first kappa shape index (κ1) is 23.0. The van der Waals surface area contributed by atoms with Crippen LogP contribution in [-0.2, 0) is 17.6 Å². The molecule has 2 saturated heterocycles. The summed E-state index contributed by atoms with van der Waals surface area (Å²) in [7, 11) is 0. The van der Waals surface area contributed by atoms with Crippen LogP contribution in [0.1, 0.15) is 44.7 Å². The van der Waals surface area contributed by atoms with E-state index in [9.17, 15) is 19.1 Å². The molecular formula is C26H30FN3O4. The Balaban J connectivity index is 1.11. The Bertz CT molecular complexity index is 1040. The molecule has 3 N–H and O–H groups in total. The normalized spacial score (nSPS) is 22.5. The molecule has 3 aliphatic rings. The smallest absolute Gasteiger partial charge is 0.254 e. The fraction of sp³-hybridized carbons (Fsp3) is 0.462. The van der Waals surface area contributed by atoms with E-state index in [1.54, 1.807) is 4.90 Å². The molecule has 2 heterocycles. The van der Waals surface area contributed by atoms with Gasteiger partial charge in [0.1, 0.15) is 5.82 Å². The Hall–Kier alpha value is -2.81. The lowest BCUT2D eigenvalue weighted by atomic mass is 10.1. The van der Waals surface area contributed by atoms with Crippen molar-refractivity contribution in [2.75, 3.05) is 26.3 Å². The number of aliphatic hydroxyl groups excluding tert-OH is 1. The number of halogens is 1. The Morgan fingerprint density at radius 2 is 1.74 bits per heavy atom. The third-order valence-corrected chi connectivity index (χ3v) is 7.13. The maximum absolute atomic E-state index is 14.7. The van der Waals surface area contributed by atoms with Crippen molar-refractivity contribution < 1.29 is 23.8 Å². The number of aliphatic hydroxyl groups is 1. The lowest BCUT2D eigenvalue weighted by Gasteiger charge is -2.34. The highest BCUT2D eigenvalue weighted by atomic mass is 19.1. The number of rotatable bonds is 7. The van der Waals surface area contributed by atoms with Crippen LogP contribution in [0.25, 0.3) is 0 Å². The average Bonchev–Trinajstić information content (AvgIpc) is 3.37. The van der Waals surface area contributed by atoms with Gasteiger partial charge in [-0.15, -0.1) is 0 Å². The SMILES string of the molecule is O=C(NCC(O)CNC1Cc2ccccc2C1)c1ccc(C(=O)N2C3CCC2COC3)cc1F. The molecule has 0 spiro atoms. The van der Waals surface area contributed by atoms with Crippen molar-refractivity contribution >= 4 is 11.8 Å². The lowest BCUT2D eigenvalue weighted by Crippen LogP contribution is -2.49. The zero-order valence-electron chi connectivity index (χ0n) is 19.0. The minimum atomic E-state index is -0.798. The Morgan fingerprint density at radius 3 is 2.38 bits per heavy atom. The number of nitrogens with one attached hydrogen (secondary N) is 2. The van der Waals surface area contributed by atoms with Crippen molar-refractivity contribution in [2.45, 2.75) is 49.9 Å². The van der Waals surface area contributed by atoms with Crippen LogP contribution in [0.2, 0.25) is 0 Å². The monoisotopic (exact) mass is 467 g/mol. The molecule has 3 atom stereocenters. The van der Waals surface area contributed by atoms with Gasteiger partial charge in [-0.2, -0.15) is 0 Å². The minimum Gasteiger partial charge on any atom is -0.390 e. The van der Waals surface area contributed by atoms with Gasteiger partial charge in [-0.3, -0.25) is 9.59 Å². The summed E-state index contributed by atoms with van der Waals surface area (Å²) in [6, 6.07) is 12.6. The van der Waals surface area contributed by atoms with Gasteiger partial charge in [0.2, 0.25) is 0 Å². The number of fused-ring (bicyclic) bond motifs is 3. The number of morpholine rings is 1. The van der Waals surface area contributed by atoms with E-state index in [1.807, 2.05) is 12.1 Å².